The van der Waals surface area contributed by atoms with Crippen LogP contribution in [0.25, 0.3) is 21.6 Å². The number of fused-ring (bicyclic) bond motifs is 2. The summed E-state index contributed by atoms with van der Waals surface area (Å²) in [6, 6.07) is 20.0. The Kier molecular flexibility index (Phi) is 13.0. The van der Waals surface area contributed by atoms with Gasteiger partial charge in [0.05, 0.1) is 23.2 Å². The number of nitrogens with zero attached hydrogens (tertiary/aromatic N) is 6. The predicted molar refractivity (Wildman–Crippen MR) is 239 cm³/mol. The number of nitrogens with two attached hydrogens (primary N) is 1. The number of carbonyl (C=O) groups is 2. The van der Waals surface area contributed by atoms with Crippen molar-refractivity contribution in [1.82, 2.24) is 29.3 Å². The van der Waals surface area contributed by atoms with Gasteiger partial charge in [0.1, 0.15) is 33.8 Å². The van der Waals surface area contributed by atoms with Gasteiger partial charge in [-0.15, -0.1) is 11.3 Å². The normalized spacial score (nSPS) is 19.8. The lowest BCUT2D eigenvalue weighted by Gasteiger charge is -2.32. The summed E-state index contributed by atoms with van der Waals surface area (Å²) in [6.45, 7) is 16.5. The van der Waals surface area contributed by atoms with E-state index in [0.29, 0.717) is 62.9 Å². The van der Waals surface area contributed by atoms with Gasteiger partial charge in [-0.05, 0) is 97.4 Å². The standard InChI is InChI=1S/C46H58ClN7O6S/c1-44(2,3)59-42(55)52(23-20-29-16-11-9-12-17-29)21-15-22-53(43(56)60-45(4,5)6)26-31-25-34(37-36(31)57-46(7,8)58-37)54-27-33(35-38(48)50-41(47)51-39(35)54)40-49-32(28-61-40)24-30-18-13-10-14-19-30/h9-14,16-19,27-28,31,34,36-37H,15,20-26H2,1-8H3,(H2,48,50,51)/t31-,34-,36-,37+/m1/s1. The van der Waals surface area contributed by atoms with Crippen LogP contribution in [0, 0.1) is 5.92 Å². The fraction of sp³-hybridized carbons (Fsp3) is 0.500. The van der Waals surface area contributed by atoms with Crippen LogP contribution >= 0.6 is 22.9 Å². The maximum absolute atomic E-state index is 14.0. The molecular formula is C46H58ClN7O6S. The van der Waals surface area contributed by atoms with Crippen LogP contribution in [0.15, 0.2) is 72.2 Å². The summed E-state index contributed by atoms with van der Waals surface area (Å²) in [4.78, 5) is 45.0. The molecule has 4 atom stereocenters. The van der Waals surface area contributed by atoms with E-state index in [9.17, 15) is 9.59 Å². The molecule has 1 saturated carbocycles. The number of halogens is 1. The van der Waals surface area contributed by atoms with Crippen molar-refractivity contribution in [3.05, 3.63) is 94.3 Å². The van der Waals surface area contributed by atoms with Gasteiger partial charge in [0.15, 0.2) is 5.79 Å². The maximum Gasteiger partial charge on any atom is 0.410 e. The second-order valence-electron chi connectivity index (χ2n) is 18.4. The molecule has 0 bridgehead atoms. The van der Waals surface area contributed by atoms with Crippen LogP contribution in [0.5, 0.6) is 0 Å². The zero-order valence-corrected chi connectivity index (χ0v) is 38.0. The smallest absolute Gasteiger partial charge is 0.410 e. The summed E-state index contributed by atoms with van der Waals surface area (Å²) in [5.41, 5.74) is 9.86. The molecule has 326 valence electrons. The van der Waals surface area contributed by atoms with Gasteiger partial charge in [-0.25, -0.2) is 19.6 Å². The van der Waals surface area contributed by atoms with Crippen molar-refractivity contribution in [2.45, 2.75) is 116 Å². The van der Waals surface area contributed by atoms with Gasteiger partial charge in [-0.3, -0.25) is 0 Å². The topological polar surface area (TPSA) is 147 Å². The Morgan fingerprint density at radius 3 is 2.13 bits per heavy atom. The molecule has 0 spiro atoms. The molecule has 2 fully saturated rings. The van der Waals surface area contributed by atoms with E-state index in [2.05, 4.69) is 27.1 Å². The van der Waals surface area contributed by atoms with Crippen LogP contribution in [-0.4, -0.2) is 96.9 Å². The molecule has 1 saturated heterocycles. The van der Waals surface area contributed by atoms with Gasteiger partial charge in [-0.1, -0.05) is 60.7 Å². The predicted octanol–water partition coefficient (Wildman–Crippen LogP) is 9.57. The Hall–Kier alpha value is -4.76. The second-order valence-corrected chi connectivity index (χ2v) is 19.6. The number of hydrogen-bond acceptors (Lipinski definition) is 11. The molecule has 1 aliphatic carbocycles. The first-order valence-electron chi connectivity index (χ1n) is 21.0. The number of carbonyl (C=O) groups excluding carboxylic acids is 2. The van der Waals surface area contributed by atoms with Crippen molar-refractivity contribution in [3.8, 4) is 10.6 Å². The molecule has 3 aromatic heterocycles. The number of ether oxygens (including phenoxy) is 4. The molecule has 2 N–H and O–H groups in total. The third-order valence-corrected chi connectivity index (χ3v) is 11.8. The Morgan fingerprint density at radius 1 is 0.869 bits per heavy atom. The highest BCUT2D eigenvalue weighted by molar-refractivity contribution is 7.13. The minimum atomic E-state index is -0.880. The minimum Gasteiger partial charge on any atom is -0.444 e. The zero-order valence-electron chi connectivity index (χ0n) is 36.4. The van der Waals surface area contributed by atoms with Crippen LogP contribution in [0.4, 0.5) is 15.4 Å². The van der Waals surface area contributed by atoms with Gasteiger partial charge >= 0.3 is 12.2 Å². The lowest BCUT2D eigenvalue weighted by molar-refractivity contribution is -0.160. The van der Waals surface area contributed by atoms with E-state index in [1.165, 1.54) is 5.56 Å². The van der Waals surface area contributed by atoms with E-state index in [1.54, 1.807) is 21.1 Å². The Balaban J connectivity index is 1.15. The van der Waals surface area contributed by atoms with Gasteiger partial charge in [0, 0.05) is 55.7 Å². The largest absolute Gasteiger partial charge is 0.444 e. The summed E-state index contributed by atoms with van der Waals surface area (Å²) in [5, 5.41) is 3.57. The molecule has 7 rings (SSSR count). The fourth-order valence-electron chi connectivity index (χ4n) is 8.24. The van der Waals surface area contributed by atoms with Crippen LogP contribution < -0.4 is 5.73 Å². The highest BCUT2D eigenvalue weighted by Gasteiger charge is 2.55. The van der Waals surface area contributed by atoms with Gasteiger partial charge in [0.2, 0.25) is 5.28 Å². The molecule has 4 heterocycles. The molecule has 61 heavy (non-hydrogen) atoms. The Bertz CT molecular complexity index is 2310. The number of thiazole rings is 1. The van der Waals surface area contributed by atoms with E-state index in [4.69, 9.17) is 46.3 Å². The second kappa shape index (κ2) is 17.9. The van der Waals surface area contributed by atoms with Crippen LogP contribution in [-0.2, 0) is 31.8 Å². The van der Waals surface area contributed by atoms with Crippen molar-refractivity contribution >= 4 is 52.0 Å². The molecular weight excluding hydrogens is 814 g/mol. The monoisotopic (exact) mass is 871 g/mol. The first-order valence-corrected chi connectivity index (χ1v) is 22.3. The van der Waals surface area contributed by atoms with Crippen LogP contribution in [0.1, 0.15) is 91.1 Å². The molecule has 2 aliphatic rings. The number of anilines is 1. The molecule has 2 amide bonds. The molecule has 1 aliphatic heterocycles. The first-order chi connectivity index (χ1) is 28.8. The van der Waals surface area contributed by atoms with Crippen molar-refractivity contribution in [1.29, 1.82) is 0 Å². The minimum absolute atomic E-state index is 0.0371. The molecule has 0 radical (unpaired) electrons. The van der Waals surface area contributed by atoms with Crippen molar-refractivity contribution in [2.24, 2.45) is 5.92 Å². The van der Waals surface area contributed by atoms with E-state index in [1.807, 2.05) is 110 Å². The number of amides is 2. The number of benzene rings is 2. The first kappa shape index (κ1) is 44.3. The Labute approximate surface area is 367 Å². The van der Waals surface area contributed by atoms with Crippen LogP contribution in [0.2, 0.25) is 5.28 Å². The maximum atomic E-state index is 14.0. The number of rotatable bonds is 13. The Morgan fingerprint density at radius 2 is 1.48 bits per heavy atom. The van der Waals surface area contributed by atoms with Gasteiger partial charge in [-0.2, -0.15) is 4.98 Å². The third-order valence-electron chi connectivity index (χ3n) is 10.7. The third kappa shape index (κ3) is 11.0. The molecule has 13 nitrogen and oxygen atoms in total. The van der Waals surface area contributed by atoms with Gasteiger partial charge in [0.25, 0.3) is 0 Å². The fourth-order valence-corrected chi connectivity index (χ4v) is 9.24. The van der Waals surface area contributed by atoms with Crippen molar-refractivity contribution in [2.75, 3.05) is 31.9 Å². The van der Waals surface area contributed by atoms with E-state index in [0.717, 1.165) is 21.8 Å². The molecule has 2 aromatic carbocycles. The number of nitrogen functional groups attached to an aromatic ring is 1. The van der Waals surface area contributed by atoms with Gasteiger partial charge < -0.3 is 39.0 Å². The van der Waals surface area contributed by atoms with Crippen molar-refractivity contribution < 1.29 is 28.5 Å². The van der Waals surface area contributed by atoms with Crippen molar-refractivity contribution in [3.63, 3.8) is 0 Å². The highest BCUT2D eigenvalue weighted by atomic mass is 35.5. The zero-order chi connectivity index (χ0) is 43.7. The van der Waals surface area contributed by atoms with E-state index in [-0.39, 0.29) is 41.4 Å². The SMILES string of the molecule is CC(C)(C)OC(=O)N(CCCN(C[C@H]1C[C@@H](n2cc(-c3nc(Cc4ccccc4)cs3)c3c(N)nc(Cl)nc32)[C@@H]2OC(C)(C)O[C@H]12)C(=O)OC(C)(C)C)CCc1ccccc1. The molecule has 0 unspecified atom stereocenters. The summed E-state index contributed by atoms with van der Waals surface area (Å²) < 4.78 is 27.2. The quantitative estimate of drug-likeness (QED) is 0.114. The van der Waals surface area contributed by atoms with E-state index >= 15 is 0 Å². The average Bonchev–Trinajstić information content (AvgIpc) is 3.94. The summed E-state index contributed by atoms with van der Waals surface area (Å²) in [6.07, 6.45) is 2.92. The van der Waals surface area contributed by atoms with E-state index < -0.39 is 23.1 Å². The highest BCUT2D eigenvalue weighted by Crippen LogP contribution is 2.49. The number of hydrogen-bond donors (Lipinski definition) is 1. The number of aromatic nitrogens is 4. The summed E-state index contributed by atoms with van der Waals surface area (Å²) in [7, 11) is 0. The summed E-state index contributed by atoms with van der Waals surface area (Å²) in [5.74, 6) is -0.773. The summed E-state index contributed by atoms with van der Waals surface area (Å²) >= 11 is 8.03. The lowest BCUT2D eigenvalue weighted by atomic mass is 10.0. The molecule has 5 aromatic rings. The lowest BCUT2D eigenvalue weighted by Crippen LogP contribution is -2.44. The van der Waals surface area contributed by atoms with Crippen LogP contribution in [0.3, 0.4) is 0 Å². The molecule has 15 heteroatoms. The average molecular weight is 873 g/mol.